The quantitative estimate of drug-likeness (QED) is 0.371. The standard InChI is InChI=1S/C27H25ClN6O5/c1-14-7-21(31-26(38)39-27(2,3)4)30-10-20(14)34-13-18(25(36)37)22(35)17-8-19(28)24(32-23(17)34)33-11-15-5-6-29-9-16(15)12-33/h5-10,13H,11-12H2,1-4H3,(H,36,37)(H,30,31,38). The molecule has 0 atom stereocenters. The Bertz CT molecular complexity index is 1690. The summed E-state index contributed by atoms with van der Waals surface area (Å²) in [7, 11) is 0. The van der Waals surface area contributed by atoms with Crippen LogP contribution < -0.4 is 15.6 Å². The number of amides is 1. The Hall–Kier alpha value is -4.51. The van der Waals surface area contributed by atoms with Gasteiger partial charge in [-0.25, -0.2) is 19.6 Å². The number of carboxylic acids is 1. The van der Waals surface area contributed by atoms with Gasteiger partial charge in [-0.05, 0) is 62.6 Å². The van der Waals surface area contributed by atoms with Gasteiger partial charge in [-0.15, -0.1) is 0 Å². The number of aromatic nitrogens is 4. The normalized spacial score (nSPS) is 12.9. The molecule has 0 aromatic carbocycles. The van der Waals surface area contributed by atoms with E-state index in [1.54, 1.807) is 46.2 Å². The van der Waals surface area contributed by atoms with E-state index in [9.17, 15) is 19.5 Å². The third-order valence-electron chi connectivity index (χ3n) is 6.14. The minimum atomic E-state index is -1.38. The number of pyridine rings is 4. The van der Waals surface area contributed by atoms with Crippen LogP contribution >= 0.6 is 11.6 Å². The van der Waals surface area contributed by atoms with Crippen LogP contribution in [0.5, 0.6) is 0 Å². The van der Waals surface area contributed by atoms with Gasteiger partial charge in [0.1, 0.15) is 17.0 Å². The fourth-order valence-electron chi connectivity index (χ4n) is 4.42. The van der Waals surface area contributed by atoms with Crippen molar-refractivity contribution in [3.05, 3.63) is 80.5 Å². The average Bonchev–Trinajstić information content (AvgIpc) is 3.27. The van der Waals surface area contributed by atoms with Crippen molar-refractivity contribution in [2.75, 3.05) is 10.2 Å². The first-order valence-corrected chi connectivity index (χ1v) is 12.4. The predicted molar refractivity (Wildman–Crippen MR) is 146 cm³/mol. The molecular formula is C27H25ClN6O5. The molecule has 0 bridgehead atoms. The Balaban J connectivity index is 1.62. The summed E-state index contributed by atoms with van der Waals surface area (Å²) in [6.45, 7) is 8.11. The molecule has 0 radical (unpaired) electrons. The Morgan fingerprint density at radius 3 is 2.56 bits per heavy atom. The van der Waals surface area contributed by atoms with E-state index < -0.39 is 28.7 Å². The van der Waals surface area contributed by atoms with E-state index >= 15 is 0 Å². The van der Waals surface area contributed by atoms with E-state index in [-0.39, 0.29) is 21.9 Å². The lowest BCUT2D eigenvalue weighted by molar-refractivity contribution is 0.0633. The maximum Gasteiger partial charge on any atom is 0.413 e. The number of hydrogen-bond acceptors (Lipinski definition) is 8. The number of aromatic carboxylic acids is 1. The highest BCUT2D eigenvalue weighted by Crippen LogP contribution is 2.34. The lowest BCUT2D eigenvalue weighted by atomic mass is 10.1. The molecule has 0 fully saturated rings. The van der Waals surface area contributed by atoms with Crippen molar-refractivity contribution in [2.45, 2.75) is 46.4 Å². The number of aryl methyl sites for hydroxylation is 1. The molecule has 4 aromatic heterocycles. The third kappa shape index (κ3) is 5.13. The Morgan fingerprint density at radius 1 is 1.15 bits per heavy atom. The maximum atomic E-state index is 13.1. The topological polar surface area (TPSA) is 140 Å². The molecule has 0 saturated carbocycles. The van der Waals surface area contributed by atoms with Crippen molar-refractivity contribution in [3.8, 4) is 5.69 Å². The second kappa shape index (κ2) is 9.66. The SMILES string of the molecule is Cc1cc(NC(=O)OC(C)(C)C)ncc1-n1cc(C(=O)O)c(=O)c2cc(Cl)c(N3Cc4ccncc4C3)nc21. The molecule has 5 heterocycles. The minimum absolute atomic E-state index is 0.0531. The minimum Gasteiger partial charge on any atom is -0.477 e. The van der Waals surface area contributed by atoms with Gasteiger partial charge in [0.2, 0.25) is 5.43 Å². The van der Waals surface area contributed by atoms with E-state index in [1.165, 1.54) is 23.0 Å². The summed E-state index contributed by atoms with van der Waals surface area (Å²) >= 11 is 6.59. The molecule has 200 valence electrons. The number of hydrogen-bond donors (Lipinski definition) is 2. The van der Waals surface area contributed by atoms with Crippen LogP contribution in [0.2, 0.25) is 5.02 Å². The molecular weight excluding hydrogens is 524 g/mol. The van der Waals surface area contributed by atoms with Crippen molar-refractivity contribution < 1.29 is 19.4 Å². The lowest BCUT2D eigenvalue weighted by Gasteiger charge is -2.21. The number of rotatable bonds is 4. The number of nitrogens with zero attached hydrogens (tertiary/aromatic N) is 5. The number of carbonyl (C=O) groups excluding carboxylic acids is 1. The van der Waals surface area contributed by atoms with Crippen LogP contribution in [0.15, 0.2) is 47.8 Å². The van der Waals surface area contributed by atoms with Gasteiger partial charge in [-0.2, -0.15) is 0 Å². The van der Waals surface area contributed by atoms with Gasteiger partial charge in [0.15, 0.2) is 11.5 Å². The van der Waals surface area contributed by atoms with Crippen LogP contribution in [0.3, 0.4) is 0 Å². The number of nitrogens with one attached hydrogen (secondary N) is 1. The van der Waals surface area contributed by atoms with Gasteiger partial charge >= 0.3 is 12.1 Å². The van der Waals surface area contributed by atoms with Crippen molar-refractivity contribution in [2.24, 2.45) is 0 Å². The Labute approximate surface area is 228 Å². The Morgan fingerprint density at radius 2 is 1.90 bits per heavy atom. The highest BCUT2D eigenvalue weighted by Gasteiger charge is 2.25. The first kappa shape index (κ1) is 26.1. The summed E-state index contributed by atoms with van der Waals surface area (Å²) < 4.78 is 6.78. The summed E-state index contributed by atoms with van der Waals surface area (Å²) in [6, 6.07) is 5.00. The molecule has 12 heteroatoms. The molecule has 0 spiro atoms. The zero-order valence-electron chi connectivity index (χ0n) is 21.6. The van der Waals surface area contributed by atoms with Crippen molar-refractivity contribution >= 4 is 46.3 Å². The zero-order chi connectivity index (χ0) is 28.1. The van der Waals surface area contributed by atoms with Crippen LogP contribution in [0.25, 0.3) is 16.7 Å². The second-order valence-corrected chi connectivity index (χ2v) is 10.6. The predicted octanol–water partition coefficient (Wildman–Crippen LogP) is 4.70. The molecule has 2 N–H and O–H groups in total. The molecule has 39 heavy (non-hydrogen) atoms. The molecule has 5 rings (SSSR count). The number of ether oxygens (including phenoxy) is 1. The Kier molecular flexibility index (Phi) is 6.47. The van der Waals surface area contributed by atoms with Crippen LogP contribution in [0, 0.1) is 6.92 Å². The molecule has 0 aliphatic carbocycles. The molecule has 4 aromatic rings. The molecule has 0 unspecified atom stereocenters. The molecule has 11 nitrogen and oxygen atoms in total. The molecule has 1 aliphatic heterocycles. The summed E-state index contributed by atoms with van der Waals surface area (Å²) in [5, 5.41) is 12.6. The number of fused-ring (bicyclic) bond motifs is 2. The lowest BCUT2D eigenvalue weighted by Crippen LogP contribution is -2.27. The largest absolute Gasteiger partial charge is 0.477 e. The van der Waals surface area contributed by atoms with E-state index in [4.69, 9.17) is 21.3 Å². The van der Waals surface area contributed by atoms with E-state index in [0.29, 0.717) is 30.2 Å². The first-order valence-electron chi connectivity index (χ1n) is 12.0. The summed E-state index contributed by atoms with van der Waals surface area (Å²) in [5.41, 5.74) is 1.63. The monoisotopic (exact) mass is 548 g/mol. The average molecular weight is 549 g/mol. The maximum absolute atomic E-state index is 13.1. The highest BCUT2D eigenvalue weighted by molar-refractivity contribution is 6.33. The van der Waals surface area contributed by atoms with Crippen molar-refractivity contribution in [3.63, 3.8) is 0 Å². The van der Waals surface area contributed by atoms with Gasteiger partial charge in [-0.1, -0.05) is 11.6 Å². The number of carbonyl (C=O) groups is 2. The molecule has 0 saturated heterocycles. The zero-order valence-corrected chi connectivity index (χ0v) is 22.4. The van der Waals surface area contributed by atoms with Gasteiger partial charge < -0.3 is 14.7 Å². The summed E-state index contributed by atoms with van der Waals surface area (Å²) in [4.78, 5) is 52.4. The van der Waals surface area contributed by atoms with E-state index in [0.717, 1.165) is 11.1 Å². The second-order valence-electron chi connectivity index (χ2n) is 10.2. The fourth-order valence-corrected chi connectivity index (χ4v) is 4.69. The van der Waals surface area contributed by atoms with Crippen LogP contribution in [0.1, 0.15) is 47.8 Å². The summed E-state index contributed by atoms with van der Waals surface area (Å²) in [6.07, 6.45) is 5.55. The van der Waals surface area contributed by atoms with Crippen LogP contribution in [0.4, 0.5) is 16.4 Å². The number of carboxylic acid groups (broad SMARTS) is 1. The van der Waals surface area contributed by atoms with Gasteiger partial charge in [0.05, 0.1) is 22.3 Å². The van der Waals surface area contributed by atoms with E-state index in [2.05, 4.69) is 15.3 Å². The van der Waals surface area contributed by atoms with Gasteiger partial charge in [0.25, 0.3) is 0 Å². The van der Waals surface area contributed by atoms with Crippen molar-refractivity contribution in [1.29, 1.82) is 0 Å². The smallest absolute Gasteiger partial charge is 0.413 e. The highest BCUT2D eigenvalue weighted by atomic mass is 35.5. The van der Waals surface area contributed by atoms with Crippen LogP contribution in [-0.2, 0) is 17.8 Å². The third-order valence-corrected chi connectivity index (χ3v) is 6.42. The van der Waals surface area contributed by atoms with Gasteiger partial charge in [-0.3, -0.25) is 19.7 Å². The summed E-state index contributed by atoms with van der Waals surface area (Å²) in [5.74, 6) is -0.688. The van der Waals surface area contributed by atoms with Gasteiger partial charge in [0, 0.05) is 31.7 Å². The number of halogens is 1. The van der Waals surface area contributed by atoms with Crippen LogP contribution in [-0.4, -0.2) is 42.3 Å². The first-order chi connectivity index (χ1) is 18.4. The van der Waals surface area contributed by atoms with E-state index in [1.807, 2.05) is 11.0 Å². The molecule has 1 amide bonds. The fraction of sp³-hybridized carbons (Fsp3) is 0.259. The molecule has 1 aliphatic rings. The van der Waals surface area contributed by atoms with Crippen molar-refractivity contribution in [1.82, 2.24) is 19.5 Å². The number of anilines is 2.